The molecule has 1 aromatic rings. The second kappa shape index (κ2) is 4.11. The molecule has 0 aromatic heterocycles. The summed E-state index contributed by atoms with van der Waals surface area (Å²) < 4.78 is 13.1. The predicted molar refractivity (Wildman–Crippen MR) is 60.8 cm³/mol. The summed E-state index contributed by atoms with van der Waals surface area (Å²) in [6.45, 7) is 3.23. The zero-order chi connectivity index (χ0) is 10.9. The zero-order valence-corrected chi connectivity index (χ0v) is 9.57. The summed E-state index contributed by atoms with van der Waals surface area (Å²) in [5.41, 5.74) is 1.08. The van der Waals surface area contributed by atoms with E-state index in [1.807, 2.05) is 6.07 Å². The van der Waals surface area contributed by atoms with Gasteiger partial charge in [0.25, 0.3) is 0 Å². The molecule has 1 aromatic carbocycles. The highest BCUT2D eigenvalue weighted by Crippen LogP contribution is 2.25. The van der Waals surface area contributed by atoms with Crippen LogP contribution in [0.3, 0.4) is 0 Å². The standard InChI is InChI=1S/C12H15ClFN/c1-12(3-2-4-15-12)8-9-5-10(13)7-11(14)6-9/h5-7,15H,2-4,8H2,1H3. The SMILES string of the molecule is CC1(Cc2cc(F)cc(Cl)c2)CCCN1. The maximum atomic E-state index is 13.1. The van der Waals surface area contributed by atoms with E-state index in [0.717, 1.165) is 24.9 Å². The summed E-state index contributed by atoms with van der Waals surface area (Å²) in [6, 6.07) is 4.75. The number of halogens is 2. The molecule has 15 heavy (non-hydrogen) atoms. The van der Waals surface area contributed by atoms with Gasteiger partial charge >= 0.3 is 0 Å². The van der Waals surface area contributed by atoms with Crippen LogP contribution in [-0.4, -0.2) is 12.1 Å². The summed E-state index contributed by atoms with van der Waals surface area (Å²) in [4.78, 5) is 0. The molecule has 1 saturated heterocycles. The lowest BCUT2D eigenvalue weighted by atomic mass is 9.91. The minimum absolute atomic E-state index is 0.108. The smallest absolute Gasteiger partial charge is 0.124 e. The molecule has 0 amide bonds. The van der Waals surface area contributed by atoms with Gasteiger partial charge in [-0.25, -0.2) is 4.39 Å². The summed E-state index contributed by atoms with van der Waals surface area (Å²) >= 11 is 5.82. The summed E-state index contributed by atoms with van der Waals surface area (Å²) in [5, 5.41) is 3.93. The highest BCUT2D eigenvalue weighted by molar-refractivity contribution is 6.30. The van der Waals surface area contributed by atoms with E-state index in [-0.39, 0.29) is 11.4 Å². The van der Waals surface area contributed by atoms with Gasteiger partial charge in [-0.15, -0.1) is 0 Å². The second-order valence-corrected chi connectivity index (χ2v) is 4.98. The third kappa shape index (κ3) is 2.70. The van der Waals surface area contributed by atoms with E-state index in [9.17, 15) is 4.39 Å². The first-order valence-corrected chi connectivity index (χ1v) is 5.65. The lowest BCUT2D eigenvalue weighted by Crippen LogP contribution is -2.38. The van der Waals surface area contributed by atoms with Crippen molar-refractivity contribution >= 4 is 11.6 Å². The van der Waals surface area contributed by atoms with Crippen LogP contribution in [0.2, 0.25) is 5.02 Å². The van der Waals surface area contributed by atoms with Crippen molar-refractivity contribution in [3.8, 4) is 0 Å². The third-order valence-corrected chi connectivity index (χ3v) is 3.19. The fraction of sp³-hybridized carbons (Fsp3) is 0.500. The molecule has 1 aliphatic heterocycles. The van der Waals surface area contributed by atoms with Gasteiger partial charge in [-0.1, -0.05) is 11.6 Å². The molecular formula is C12H15ClFN. The highest BCUT2D eigenvalue weighted by atomic mass is 35.5. The maximum Gasteiger partial charge on any atom is 0.124 e. The van der Waals surface area contributed by atoms with Crippen LogP contribution >= 0.6 is 11.6 Å². The van der Waals surface area contributed by atoms with Crippen molar-refractivity contribution in [3.05, 3.63) is 34.6 Å². The van der Waals surface area contributed by atoms with Gasteiger partial charge in [0.05, 0.1) is 0 Å². The molecule has 1 heterocycles. The molecule has 0 radical (unpaired) electrons. The van der Waals surface area contributed by atoms with Gasteiger partial charge in [0.15, 0.2) is 0 Å². The van der Waals surface area contributed by atoms with E-state index in [4.69, 9.17) is 11.6 Å². The van der Waals surface area contributed by atoms with Crippen LogP contribution in [0.5, 0.6) is 0 Å². The molecule has 1 fully saturated rings. The van der Waals surface area contributed by atoms with Gasteiger partial charge in [0, 0.05) is 10.6 Å². The Hall–Kier alpha value is -0.600. The molecule has 1 unspecified atom stereocenters. The third-order valence-electron chi connectivity index (χ3n) is 2.97. The van der Waals surface area contributed by atoms with Crippen LogP contribution < -0.4 is 5.32 Å². The molecular weight excluding hydrogens is 213 g/mol. The molecule has 1 N–H and O–H groups in total. The number of rotatable bonds is 2. The lowest BCUT2D eigenvalue weighted by Gasteiger charge is -2.24. The Morgan fingerprint density at radius 2 is 2.27 bits per heavy atom. The van der Waals surface area contributed by atoms with Crippen molar-refractivity contribution in [2.75, 3.05) is 6.54 Å². The Labute approximate surface area is 94.6 Å². The monoisotopic (exact) mass is 227 g/mol. The van der Waals surface area contributed by atoms with E-state index in [2.05, 4.69) is 12.2 Å². The van der Waals surface area contributed by atoms with Crippen molar-refractivity contribution in [2.45, 2.75) is 31.7 Å². The topological polar surface area (TPSA) is 12.0 Å². The Balaban J connectivity index is 2.16. The lowest BCUT2D eigenvalue weighted by molar-refractivity contribution is 0.412. The molecule has 3 heteroatoms. The Morgan fingerprint density at radius 3 is 2.87 bits per heavy atom. The molecule has 0 spiro atoms. The minimum atomic E-state index is -0.251. The van der Waals surface area contributed by atoms with Gasteiger partial charge in [0.1, 0.15) is 5.82 Å². The molecule has 0 aliphatic carbocycles. The first-order chi connectivity index (χ1) is 7.07. The quantitative estimate of drug-likeness (QED) is 0.819. The molecule has 1 atom stereocenters. The van der Waals surface area contributed by atoms with Crippen LogP contribution in [0.1, 0.15) is 25.3 Å². The van der Waals surface area contributed by atoms with E-state index in [1.54, 1.807) is 6.07 Å². The fourth-order valence-electron chi connectivity index (χ4n) is 2.27. The number of nitrogens with one attached hydrogen (secondary N) is 1. The van der Waals surface area contributed by atoms with Gasteiger partial charge < -0.3 is 5.32 Å². The molecule has 1 aliphatic rings. The molecule has 0 saturated carbocycles. The van der Waals surface area contributed by atoms with Crippen LogP contribution in [0.4, 0.5) is 4.39 Å². The fourth-order valence-corrected chi connectivity index (χ4v) is 2.52. The Morgan fingerprint density at radius 1 is 1.47 bits per heavy atom. The molecule has 82 valence electrons. The van der Waals surface area contributed by atoms with Crippen molar-refractivity contribution < 1.29 is 4.39 Å². The normalized spacial score (nSPS) is 25.8. The van der Waals surface area contributed by atoms with E-state index >= 15 is 0 Å². The van der Waals surface area contributed by atoms with E-state index in [1.165, 1.54) is 12.5 Å². The largest absolute Gasteiger partial charge is 0.311 e. The summed E-state index contributed by atoms with van der Waals surface area (Å²) in [7, 11) is 0. The van der Waals surface area contributed by atoms with Crippen molar-refractivity contribution in [2.24, 2.45) is 0 Å². The molecule has 0 bridgehead atoms. The number of hydrogen-bond acceptors (Lipinski definition) is 1. The Kier molecular flexibility index (Phi) is 2.98. The molecule has 1 nitrogen and oxygen atoms in total. The average Bonchev–Trinajstić information content (AvgIpc) is 2.49. The zero-order valence-electron chi connectivity index (χ0n) is 8.82. The van der Waals surface area contributed by atoms with E-state index in [0.29, 0.717) is 5.02 Å². The van der Waals surface area contributed by atoms with Gasteiger partial charge in [-0.3, -0.25) is 0 Å². The van der Waals surface area contributed by atoms with Gasteiger partial charge in [-0.2, -0.15) is 0 Å². The van der Waals surface area contributed by atoms with Crippen molar-refractivity contribution in [3.63, 3.8) is 0 Å². The molecule has 2 rings (SSSR count). The van der Waals surface area contributed by atoms with Gasteiger partial charge in [0.2, 0.25) is 0 Å². The van der Waals surface area contributed by atoms with Gasteiger partial charge in [-0.05, 0) is 56.5 Å². The van der Waals surface area contributed by atoms with Crippen LogP contribution in [0, 0.1) is 5.82 Å². The minimum Gasteiger partial charge on any atom is -0.311 e. The summed E-state index contributed by atoms with van der Waals surface area (Å²) in [5.74, 6) is -0.251. The maximum absolute atomic E-state index is 13.1. The summed E-state index contributed by atoms with van der Waals surface area (Å²) in [6.07, 6.45) is 3.17. The van der Waals surface area contributed by atoms with Crippen LogP contribution in [0.25, 0.3) is 0 Å². The first kappa shape index (κ1) is 10.9. The van der Waals surface area contributed by atoms with Crippen LogP contribution in [-0.2, 0) is 6.42 Å². The van der Waals surface area contributed by atoms with Crippen molar-refractivity contribution in [1.29, 1.82) is 0 Å². The van der Waals surface area contributed by atoms with Crippen molar-refractivity contribution in [1.82, 2.24) is 5.32 Å². The first-order valence-electron chi connectivity index (χ1n) is 5.27. The number of hydrogen-bond donors (Lipinski definition) is 1. The van der Waals surface area contributed by atoms with E-state index < -0.39 is 0 Å². The highest BCUT2D eigenvalue weighted by Gasteiger charge is 2.28. The number of benzene rings is 1. The predicted octanol–water partition coefficient (Wildman–Crippen LogP) is 3.16. The second-order valence-electron chi connectivity index (χ2n) is 4.55. The Bertz CT molecular complexity index is 338. The van der Waals surface area contributed by atoms with Crippen LogP contribution in [0.15, 0.2) is 18.2 Å². The average molecular weight is 228 g/mol.